The number of ether oxygens (including phenoxy) is 1. The van der Waals surface area contributed by atoms with Gasteiger partial charge in [0, 0.05) is 4.88 Å². The van der Waals surface area contributed by atoms with E-state index in [1.165, 1.54) is 30.2 Å². The average Bonchev–Trinajstić information content (AvgIpc) is 3.07. The van der Waals surface area contributed by atoms with Gasteiger partial charge in [-0.2, -0.15) is 0 Å². The number of rotatable bonds is 6. The van der Waals surface area contributed by atoms with Gasteiger partial charge in [-0.05, 0) is 32.1 Å². The van der Waals surface area contributed by atoms with Crippen LogP contribution in [0.5, 0.6) is 0 Å². The minimum Gasteiger partial charge on any atom is -0.465 e. The van der Waals surface area contributed by atoms with Crippen molar-refractivity contribution in [3.63, 3.8) is 0 Å². The van der Waals surface area contributed by atoms with Crippen LogP contribution in [0.25, 0.3) is 0 Å². The number of carbonyl (C=O) groups excluding carboxylic acids is 2. The van der Waals surface area contributed by atoms with E-state index in [2.05, 4.69) is 15.5 Å². The number of anilines is 2. The number of aryl methyl sites for hydroxylation is 1. The zero-order chi connectivity index (χ0) is 18.7. The summed E-state index contributed by atoms with van der Waals surface area (Å²) >= 11 is 2.79. The van der Waals surface area contributed by atoms with Gasteiger partial charge in [0.2, 0.25) is 11.9 Å². The molecule has 0 spiro atoms. The van der Waals surface area contributed by atoms with Crippen molar-refractivity contribution in [2.75, 3.05) is 23.9 Å². The van der Waals surface area contributed by atoms with Crippen molar-refractivity contribution in [2.45, 2.75) is 38.9 Å². The van der Waals surface area contributed by atoms with Crippen molar-refractivity contribution in [3.05, 3.63) is 16.0 Å². The second kappa shape index (κ2) is 7.87. The Labute approximate surface area is 154 Å². The second-order valence-electron chi connectivity index (χ2n) is 5.29. The minimum absolute atomic E-state index is 0.172. The number of carbonyl (C=O) groups is 2. The number of hydrogen-bond donors (Lipinski definition) is 2. The van der Waals surface area contributed by atoms with Gasteiger partial charge in [0.05, 0.1) is 12.7 Å². The fourth-order valence-electron chi connectivity index (χ4n) is 2.28. The maximum Gasteiger partial charge on any atom is 0.341 e. The van der Waals surface area contributed by atoms with Crippen LogP contribution in [0.15, 0.2) is 5.16 Å². The lowest BCUT2D eigenvalue weighted by molar-refractivity contribution is -0.118. The fraction of sp³-hybridized carbons (Fsp3) is 0.467. The summed E-state index contributed by atoms with van der Waals surface area (Å²) in [6.45, 7) is 7.40. The lowest BCUT2D eigenvalue weighted by Crippen LogP contribution is -2.25. The molecule has 25 heavy (non-hydrogen) atoms. The molecule has 0 saturated heterocycles. The SMILES string of the molecule is CCSc1nnc(N)n1C(C)C(=O)Nc1sc(C)c(C)c1C(=O)OC. The van der Waals surface area contributed by atoms with Crippen LogP contribution in [0, 0.1) is 13.8 Å². The van der Waals surface area contributed by atoms with E-state index in [-0.39, 0.29) is 11.9 Å². The highest BCUT2D eigenvalue weighted by Crippen LogP contribution is 2.34. The Morgan fingerprint density at radius 3 is 2.68 bits per heavy atom. The van der Waals surface area contributed by atoms with Crippen LogP contribution in [-0.2, 0) is 9.53 Å². The van der Waals surface area contributed by atoms with Gasteiger partial charge in [0.1, 0.15) is 11.0 Å². The summed E-state index contributed by atoms with van der Waals surface area (Å²) in [5.41, 5.74) is 7.03. The Bertz CT molecular complexity index is 799. The van der Waals surface area contributed by atoms with Crippen LogP contribution in [0.2, 0.25) is 0 Å². The lowest BCUT2D eigenvalue weighted by Gasteiger charge is -2.16. The number of nitrogens with two attached hydrogens (primary N) is 1. The van der Waals surface area contributed by atoms with E-state index in [1.807, 2.05) is 20.8 Å². The van der Waals surface area contributed by atoms with Crippen LogP contribution in [0.1, 0.15) is 40.7 Å². The van der Waals surface area contributed by atoms with Gasteiger partial charge in [0.15, 0.2) is 5.16 Å². The van der Waals surface area contributed by atoms with Gasteiger partial charge in [0.25, 0.3) is 0 Å². The number of nitrogen functional groups attached to an aromatic ring is 1. The quantitative estimate of drug-likeness (QED) is 0.582. The summed E-state index contributed by atoms with van der Waals surface area (Å²) in [7, 11) is 1.31. The first-order valence-electron chi connectivity index (χ1n) is 7.64. The number of esters is 1. The minimum atomic E-state index is -0.628. The van der Waals surface area contributed by atoms with Crippen molar-refractivity contribution < 1.29 is 14.3 Å². The second-order valence-corrected chi connectivity index (χ2v) is 7.74. The van der Waals surface area contributed by atoms with E-state index in [4.69, 9.17) is 10.5 Å². The van der Waals surface area contributed by atoms with E-state index in [9.17, 15) is 9.59 Å². The molecule has 2 aromatic rings. The van der Waals surface area contributed by atoms with E-state index < -0.39 is 12.0 Å². The molecule has 2 heterocycles. The standard InChI is InChI=1S/C15H21N5O3S2/c1-6-24-15-19-18-14(16)20(15)8(3)11(21)17-12-10(13(22)23-5)7(2)9(4)25-12/h8H,6H2,1-5H3,(H2,16,18)(H,17,21). The third-order valence-corrected chi connectivity index (χ3v) is 5.69. The number of thioether (sulfide) groups is 1. The van der Waals surface area contributed by atoms with Gasteiger partial charge in [-0.1, -0.05) is 18.7 Å². The highest BCUT2D eigenvalue weighted by molar-refractivity contribution is 7.99. The first-order chi connectivity index (χ1) is 11.8. The van der Waals surface area contributed by atoms with Gasteiger partial charge in [-0.25, -0.2) is 4.79 Å². The van der Waals surface area contributed by atoms with Crippen LogP contribution >= 0.6 is 23.1 Å². The Morgan fingerprint density at radius 2 is 2.08 bits per heavy atom. The molecule has 2 rings (SSSR count). The molecule has 1 unspecified atom stereocenters. The van der Waals surface area contributed by atoms with Gasteiger partial charge < -0.3 is 15.8 Å². The number of methoxy groups -OCH3 is 1. The monoisotopic (exact) mass is 383 g/mol. The Kier molecular flexibility index (Phi) is 6.07. The molecule has 2 aromatic heterocycles. The molecule has 0 fully saturated rings. The molecule has 8 nitrogen and oxygen atoms in total. The number of amides is 1. The van der Waals surface area contributed by atoms with E-state index in [0.29, 0.717) is 15.7 Å². The molecule has 0 aliphatic heterocycles. The van der Waals surface area contributed by atoms with Crippen molar-refractivity contribution in [3.8, 4) is 0 Å². The molecule has 0 aliphatic carbocycles. The molecule has 1 amide bonds. The highest BCUT2D eigenvalue weighted by atomic mass is 32.2. The molecule has 1 atom stereocenters. The summed E-state index contributed by atoms with van der Waals surface area (Å²) in [5, 5.41) is 11.7. The van der Waals surface area contributed by atoms with Gasteiger partial charge in [-0.3, -0.25) is 9.36 Å². The maximum absolute atomic E-state index is 12.7. The Balaban J connectivity index is 2.30. The third-order valence-electron chi connectivity index (χ3n) is 3.74. The number of nitrogens with zero attached hydrogens (tertiary/aromatic N) is 3. The zero-order valence-corrected chi connectivity index (χ0v) is 16.4. The summed E-state index contributed by atoms with van der Waals surface area (Å²) in [5.74, 6) is 0.166. The van der Waals surface area contributed by atoms with Crippen molar-refractivity contribution >= 4 is 45.9 Å². The summed E-state index contributed by atoms with van der Waals surface area (Å²) < 4.78 is 6.40. The predicted octanol–water partition coefficient (Wildman–Crippen LogP) is 2.64. The molecular weight excluding hydrogens is 362 g/mol. The van der Waals surface area contributed by atoms with E-state index in [1.54, 1.807) is 11.5 Å². The van der Waals surface area contributed by atoms with Crippen LogP contribution in [0.3, 0.4) is 0 Å². The molecule has 136 valence electrons. The first kappa shape index (κ1) is 19.3. The lowest BCUT2D eigenvalue weighted by atomic mass is 10.1. The molecule has 0 aromatic carbocycles. The average molecular weight is 383 g/mol. The third kappa shape index (κ3) is 3.79. The first-order valence-corrected chi connectivity index (χ1v) is 9.44. The summed E-state index contributed by atoms with van der Waals surface area (Å²) in [4.78, 5) is 25.7. The van der Waals surface area contributed by atoms with Gasteiger partial charge in [-0.15, -0.1) is 21.5 Å². The normalized spacial score (nSPS) is 12.0. The van der Waals surface area contributed by atoms with Crippen LogP contribution in [0.4, 0.5) is 10.9 Å². The molecule has 0 bridgehead atoms. The Hall–Kier alpha value is -2.07. The molecular formula is C15H21N5O3S2. The molecule has 0 saturated carbocycles. The molecule has 0 radical (unpaired) electrons. The maximum atomic E-state index is 12.7. The summed E-state index contributed by atoms with van der Waals surface area (Å²) in [6.07, 6.45) is 0. The van der Waals surface area contributed by atoms with E-state index >= 15 is 0 Å². The number of hydrogen-bond acceptors (Lipinski definition) is 8. The molecule has 3 N–H and O–H groups in total. The number of thiophene rings is 1. The van der Waals surface area contributed by atoms with Crippen molar-refractivity contribution in [1.29, 1.82) is 0 Å². The van der Waals surface area contributed by atoms with Crippen LogP contribution < -0.4 is 11.1 Å². The largest absolute Gasteiger partial charge is 0.465 e. The van der Waals surface area contributed by atoms with Crippen molar-refractivity contribution in [2.24, 2.45) is 0 Å². The Morgan fingerprint density at radius 1 is 1.40 bits per heavy atom. The number of aromatic nitrogens is 3. The smallest absolute Gasteiger partial charge is 0.341 e. The van der Waals surface area contributed by atoms with Crippen molar-refractivity contribution in [1.82, 2.24) is 14.8 Å². The number of nitrogens with one attached hydrogen (secondary N) is 1. The van der Waals surface area contributed by atoms with Crippen LogP contribution in [-0.4, -0.2) is 39.5 Å². The molecule has 10 heteroatoms. The van der Waals surface area contributed by atoms with E-state index in [0.717, 1.165) is 16.2 Å². The zero-order valence-electron chi connectivity index (χ0n) is 14.7. The predicted molar refractivity (Wildman–Crippen MR) is 99.3 cm³/mol. The topological polar surface area (TPSA) is 112 Å². The summed E-state index contributed by atoms with van der Waals surface area (Å²) in [6, 6.07) is -0.628. The fourth-order valence-corrected chi connectivity index (χ4v) is 4.08. The molecule has 0 aliphatic rings. The highest BCUT2D eigenvalue weighted by Gasteiger charge is 2.26. The van der Waals surface area contributed by atoms with Gasteiger partial charge >= 0.3 is 5.97 Å².